The van der Waals surface area contributed by atoms with Gasteiger partial charge in [0.1, 0.15) is 5.75 Å². The number of carbonyl (C=O) groups is 1. The third-order valence-corrected chi connectivity index (χ3v) is 3.76. The van der Waals surface area contributed by atoms with Gasteiger partial charge in [-0.2, -0.15) is 0 Å². The lowest BCUT2D eigenvalue weighted by molar-refractivity contribution is 0.102. The molecule has 3 nitrogen and oxygen atoms in total. The van der Waals surface area contributed by atoms with Crippen LogP contribution in [0.5, 0.6) is 5.75 Å². The van der Waals surface area contributed by atoms with Crippen LogP contribution in [0.15, 0.2) is 46.9 Å². The van der Waals surface area contributed by atoms with Gasteiger partial charge in [0, 0.05) is 16.0 Å². The van der Waals surface area contributed by atoms with Gasteiger partial charge in [-0.1, -0.05) is 12.1 Å². The number of anilines is 1. The fraction of sp³-hybridized carbons (Fsp3) is 0.133. The molecule has 0 aliphatic heterocycles. The molecule has 0 unspecified atom stereocenters. The molecule has 2 aromatic rings. The van der Waals surface area contributed by atoms with Crippen LogP contribution in [-0.4, -0.2) is 13.0 Å². The molecule has 1 amide bonds. The Morgan fingerprint density at radius 1 is 1.30 bits per heavy atom. The molecule has 0 aliphatic carbocycles. The maximum Gasteiger partial charge on any atom is 0.256 e. The van der Waals surface area contributed by atoms with Gasteiger partial charge in [0.05, 0.1) is 12.7 Å². The standard InChI is InChI=1S/C15H13BrClNO2/c1-20-12-5-6-14(16)13(8-12)15(19)18-11-4-2-3-10(7-11)9-17/h2-8H,9H2,1H3,(H,18,19). The number of halogens is 2. The molecule has 0 atom stereocenters. The van der Waals surface area contributed by atoms with Gasteiger partial charge < -0.3 is 10.1 Å². The van der Waals surface area contributed by atoms with E-state index in [0.29, 0.717) is 27.4 Å². The van der Waals surface area contributed by atoms with Gasteiger partial charge in [-0.3, -0.25) is 4.79 Å². The molecule has 0 radical (unpaired) electrons. The number of rotatable bonds is 4. The quantitative estimate of drug-likeness (QED) is 0.824. The van der Waals surface area contributed by atoms with Gasteiger partial charge in [0.2, 0.25) is 0 Å². The lowest BCUT2D eigenvalue weighted by Gasteiger charge is -2.09. The monoisotopic (exact) mass is 353 g/mol. The number of alkyl halides is 1. The number of hydrogen-bond donors (Lipinski definition) is 1. The van der Waals surface area contributed by atoms with Crippen molar-refractivity contribution >= 4 is 39.1 Å². The summed E-state index contributed by atoms with van der Waals surface area (Å²) in [5.41, 5.74) is 2.18. The highest BCUT2D eigenvalue weighted by Gasteiger charge is 2.11. The first-order valence-electron chi connectivity index (χ1n) is 5.94. The van der Waals surface area contributed by atoms with E-state index < -0.39 is 0 Å². The first-order chi connectivity index (χ1) is 9.63. The van der Waals surface area contributed by atoms with E-state index in [-0.39, 0.29) is 5.91 Å². The van der Waals surface area contributed by atoms with Crippen LogP contribution in [0.2, 0.25) is 0 Å². The highest BCUT2D eigenvalue weighted by atomic mass is 79.9. The van der Waals surface area contributed by atoms with Crippen LogP contribution in [0.3, 0.4) is 0 Å². The zero-order valence-corrected chi connectivity index (χ0v) is 13.2. The van der Waals surface area contributed by atoms with E-state index in [1.165, 1.54) is 0 Å². The predicted octanol–water partition coefficient (Wildman–Crippen LogP) is 4.45. The first-order valence-corrected chi connectivity index (χ1v) is 7.26. The van der Waals surface area contributed by atoms with Crippen molar-refractivity contribution in [1.82, 2.24) is 0 Å². The summed E-state index contributed by atoms with van der Waals surface area (Å²) in [5.74, 6) is 0.836. The maximum atomic E-state index is 12.3. The third-order valence-electron chi connectivity index (χ3n) is 2.76. The molecule has 5 heteroatoms. The number of nitrogens with one attached hydrogen (secondary N) is 1. The van der Waals surface area contributed by atoms with Gasteiger partial charge in [0.25, 0.3) is 5.91 Å². The van der Waals surface area contributed by atoms with Crippen molar-refractivity contribution < 1.29 is 9.53 Å². The number of methoxy groups -OCH3 is 1. The largest absolute Gasteiger partial charge is 0.497 e. The molecule has 2 aromatic carbocycles. The summed E-state index contributed by atoms with van der Waals surface area (Å²) < 4.78 is 5.84. The second-order valence-corrected chi connectivity index (χ2v) is 5.26. The van der Waals surface area contributed by atoms with Crippen molar-refractivity contribution in [2.75, 3.05) is 12.4 Å². The number of hydrogen-bond acceptors (Lipinski definition) is 2. The van der Waals surface area contributed by atoms with Crippen molar-refractivity contribution in [3.63, 3.8) is 0 Å². The molecule has 0 heterocycles. The summed E-state index contributed by atoms with van der Waals surface area (Å²) in [7, 11) is 1.56. The number of ether oxygens (including phenoxy) is 1. The fourth-order valence-corrected chi connectivity index (χ4v) is 2.33. The molecule has 0 aliphatic rings. The molecule has 0 saturated heterocycles. The third kappa shape index (κ3) is 3.52. The van der Waals surface area contributed by atoms with Gasteiger partial charge in [-0.15, -0.1) is 11.6 Å². The van der Waals surface area contributed by atoms with E-state index >= 15 is 0 Å². The molecule has 20 heavy (non-hydrogen) atoms. The highest BCUT2D eigenvalue weighted by Crippen LogP contribution is 2.23. The van der Waals surface area contributed by atoms with E-state index in [1.807, 2.05) is 24.3 Å². The van der Waals surface area contributed by atoms with E-state index in [9.17, 15) is 4.79 Å². The summed E-state index contributed by atoms with van der Waals surface area (Å²) in [6, 6.07) is 12.7. The van der Waals surface area contributed by atoms with Crippen LogP contribution in [0.25, 0.3) is 0 Å². The Morgan fingerprint density at radius 3 is 2.80 bits per heavy atom. The lowest BCUT2D eigenvalue weighted by Crippen LogP contribution is -2.12. The Labute approximate surface area is 131 Å². The minimum atomic E-state index is -0.206. The van der Waals surface area contributed by atoms with E-state index in [1.54, 1.807) is 25.3 Å². The molecule has 0 fully saturated rings. The minimum Gasteiger partial charge on any atom is -0.497 e. The average Bonchev–Trinajstić information content (AvgIpc) is 2.47. The minimum absolute atomic E-state index is 0.206. The van der Waals surface area contributed by atoms with Crippen molar-refractivity contribution in [3.05, 3.63) is 58.1 Å². The Kier molecular flexibility index (Phi) is 5.04. The maximum absolute atomic E-state index is 12.3. The van der Waals surface area contributed by atoms with Crippen LogP contribution in [0, 0.1) is 0 Å². The van der Waals surface area contributed by atoms with Crippen LogP contribution in [-0.2, 0) is 5.88 Å². The average molecular weight is 355 g/mol. The number of amides is 1. The Morgan fingerprint density at radius 2 is 2.10 bits per heavy atom. The highest BCUT2D eigenvalue weighted by molar-refractivity contribution is 9.10. The normalized spacial score (nSPS) is 10.2. The molecular formula is C15H13BrClNO2. The van der Waals surface area contributed by atoms with Crippen molar-refractivity contribution in [2.45, 2.75) is 5.88 Å². The topological polar surface area (TPSA) is 38.3 Å². The van der Waals surface area contributed by atoms with Crippen LogP contribution in [0.1, 0.15) is 15.9 Å². The zero-order valence-electron chi connectivity index (χ0n) is 10.8. The van der Waals surface area contributed by atoms with Gasteiger partial charge in [0.15, 0.2) is 0 Å². The Balaban J connectivity index is 2.23. The molecule has 1 N–H and O–H groups in total. The van der Waals surface area contributed by atoms with E-state index in [0.717, 1.165) is 5.56 Å². The molecular weight excluding hydrogens is 342 g/mol. The molecule has 0 saturated carbocycles. The van der Waals surface area contributed by atoms with Gasteiger partial charge in [-0.25, -0.2) is 0 Å². The summed E-state index contributed by atoms with van der Waals surface area (Å²) in [6.45, 7) is 0. The molecule has 0 bridgehead atoms. The van der Waals surface area contributed by atoms with Crippen LogP contribution >= 0.6 is 27.5 Å². The van der Waals surface area contributed by atoms with Crippen LogP contribution in [0.4, 0.5) is 5.69 Å². The molecule has 0 spiro atoms. The SMILES string of the molecule is COc1ccc(Br)c(C(=O)Nc2cccc(CCl)c2)c1. The fourth-order valence-electron chi connectivity index (χ4n) is 1.74. The van der Waals surface area contributed by atoms with Crippen LogP contribution < -0.4 is 10.1 Å². The smallest absolute Gasteiger partial charge is 0.256 e. The van der Waals surface area contributed by atoms with Crippen molar-refractivity contribution in [2.24, 2.45) is 0 Å². The zero-order chi connectivity index (χ0) is 14.5. The van der Waals surface area contributed by atoms with E-state index in [4.69, 9.17) is 16.3 Å². The predicted molar refractivity (Wildman–Crippen MR) is 84.6 cm³/mol. The number of carbonyl (C=O) groups excluding carboxylic acids is 1. The number of benzene rings is 2. The Hall–Kier alpha value is -1.52. The molecule has 2 rings (SSSR count). The van der Waals surface area contributed by atoms with Crippen molar-refractivity contribution in [3.8, 4) is 5.75 Å². The van der Waals surface area contributed by atoms with Crippen molar-refractivity contribution in [1.29, 1.82) is 0 Å². The molecule has 104 valence electrons. The summed E-state index contributed by atoms with van der Waals surface area (Å²) in [4.78, 5) is 12.3. The summed E-state index contributed by atoms with van der Waals surface area (Å²) >= 11 is 9.14. The summed E-state index contributed by atoms with van der Waals surface area (Å²) in [5, 5.41) is 2.84. The second kappa shape index (κ2) is 6.77. The Bertz CT molecular complexity index is 631. The first kappa shape index (κ1) is 14.9. The summed E-state index contributed by atoms with van der Waals surface area (Å²) in [6.07, 6.45) is 0. The van der Waals surface area contributed by atoms with Gasteiger partial charge in [-0.05, 0) is 51.8 Å². The van der Waals surface area contributed by atoms with E-state index in [2.05, 4.69) is 21.2 Å². The molecule has 0 aromatic heterocycles. The lowest BCUT2D eigenvalue weighted by atomic mass is 10.2. The second-order valence-electron chi connectivity index (χ2n) is 4.13. The van der Waals surface area contributed by atoms with Gasteiger partial charge >= 0.3 is 0 Å².